The topological polar surface area (TPSA) is 49.8 Å². The molecule has 1 aromatic carbocycles. The lowest BCUT2D eigenvalue weighted by molar-refractivity contribution is -0.134. The van der Waals surface area contributed by atoms with Gasteiger partial charge in [-0.2, -0.15) is 0 Å². The average Bonchev–Trinajstić information content (AvgIpc) is 3.17. The highest BCUT2D eigenvalue weighted by Gasteiger charge is 2.32. The number of aliphatic hydroxyl groups excluding tert-OH is 1. The average molecular weight is 270 g/mol. The number of hydrogen-bond acceptors (Lipinski definition) is 3. The summed E-state index contributed by atoms with van der Waals surface area (Å²) >= 11 is 5.82. The van der Waals surface area contributed by atoms with Crippen molar-refractivity contribution in [3.8, 4) is 5.75 Å². The molecule has 0 spiro atoms. The van der Waals surface area contributed by atoms with E-state index >= 15 is 0 Å². The van der Waals surface area contributed by atoms with Crippen LogP contribution in [0.1, 0.15) is 12.8 Å². The molecule has 0 bridgehead atoms. The zero-order valence-corrected chi connectivity index (χ0v) is 10.8. The van der Waals surface area contributed by atoms with Crippen LogP contribution in [0.4, 0.5) is 0 Å². The zero-order chi connectivity index (χ0) is 13.0. The molecule has 1 aliphatic carbocycles. The number of aliphatic hydroxyl groups is 1. The van der Waals surface area contributed by atoms with Gasteiger partial charge in [-0.3, -0.25) is 4.79 Å². The zero-order valence-electron chi connectivity index (χ0n) is 10.0. The Morgan fingerprint density at radius 2 is 2.28 bits per heavy atom. The second kappa shape index (κ2) is 6.07. The highest BCUT2D eigenvalue weighted by molar-refractivity contribution is 6.30. The van der Waals surface area contributed by atoms with Crippen LogP contribution in [0.15, 0.2) is 24.3 Å². The third-order valence-corrected chi connectivity index (χ3v) is 3.04. The van der Waals surface area contributed by atoms with Crippen LogP contribution in [-0.2, 0) is 4.79 Å². The fraction of sp³-hybridized carbons (Fsp3) is 0.462. The van der Waals surface area contributed by atoms with Crippen molar-refractivity contribution < 1.29 is 14.6 Å². The summed E-state index contributed by atoms with van der Waals surface area (Å²) in [4.78, 5) is 13.6. The summed E-state index contributed by atoms with van der Waals surface area (Å²) in [5, 5.41) is 9.51. The summed E-state index contributed by atoms with van der Waals surface area (Å²) in [5.41, 5.74) is 0. The molecule has 1 amide bonds. The van der Waals surface area contributed by atoms with E-state index in [0.717, 1.165) is 12.8 Å². The summed E-state index contributed by atoms with van der Waals surface area (Å²) in [7, 11) is 0. The van der Waals surface area contributed by atoms with Crippen molar-refractivity contribution >= 4 is 17.5 Å². The fourth-order valence-electron chi connectivity index (χ4n) is 1.79. The van der Waals surface area contributed by atoms with Crippen LogP contribution in [0.5, 0.6) is 5.75 Å². The number of ether oxygens (including phenoxy) is 1. The lowest BCUT2D eigenvalue weighted by Gasteiger charge is -2.21. The number of carbonyl (C=O) groups excluding carboxylic acids is 1. The Kier molecular flexibility index (Phi) is 4.44. The van der Waals surface area contributed by atoms with Gasteiger partial charge in [0.15, 0.2) is 6.61 Å². The second-order valence-electron chi connectivity index (χ2n) is 4.29. The largest absolute Gasteiger partial charge is 0.484 e. The van der Waals surface area contributed by atoms with Gasteiger partial charge >= 0.3 is 0 Å². The predicted octanol–water partition coefficient (Wildman–Crippen LogP) is 1.70. The van der Waals surface area contributed by atoms with Gasteiger partial charge in [0.05, 0.1) is 6.61 Å². The molecule has 0 atom stereocenters. The first kappa shape index (κ1) is 13.2. The molecule has 0 heterocycles. The predicted molar refractivity (Wildman–Crippen MR) is 68.8 cm³/mol. The molecule has 5 heteroatoms. The molecule has 4 nitrogen and oxygen atoms in total. The molecule has 1 saturated carbocycles. The lowest BCUT2D eigenvalue weighted by atomic mass is 10.3. The van der Waals surface area contributed by atoms with Gasteiger partial charge in [-0.1, -0.05) is 17.7 Å². The fourth-order valence-corrected chi connectivity index (χ4v) is 1.97. The van der Waals surface area contributed by atoms with Crippen LogP contribution in [0.2, 0.25) is 5.02 Å². The van der Waals surface area contributed by atoms with E-state index in [4.69, 9.17) is 21.4 Å². The Morgan fingerprint density at radius 3 is 2.89 bits per heavy atom. The highest BCUT2D eigenvalue weighted by Crippen LogP contribution is 2.26. The van der Waals surface area contributed by atoms with Crippen molar-refractivity contribution in [2.45, 2.75) is 18.9 Å². The summed E-state index contributed by atoms with van der Waals surface area (Å²) < 4.78 is 5.40. The molecule has 1 aromatic rings. The molecular weight excluding hydrogens is 254 g/mol. The summed E-state index contributed by atoms with van der Waals surface area (Å²) in [6.07, 6.45) is 2.03. The molecular formula is C13H16ClNO3. The van der Waals surface area contributed by atoms with Crippen molar-refractivity contribution in [3.05, 3.63) is 29.3 Å². The van der Waals surface area contributed by atoms with Crippen LogP contribution < -0.4 is 4.74 Å². The first-order chi connectivity index (χ1) is 8.70. The maximum Gasteiger partial charge on any atom is 0.260 e. The molecule has 1 aliphatic rings. The van der Waals surface area contributed by atoms with Crippen LogP contribution in [0.3, 0.4) is 0 Å². The minimum Gasteiger partial charge on any atom is -0.484 e. The molecule has 0 saturated heterocycles. The van der Waals surface area contributed by atoms with E-state index in [2.05, 4.69) is 0 Å². The van der Waals surface area contributed by atoms with Crippen LogP contribution in [0.25, 0.3) is 0 Å². The SMILES string of the molecule is O=C(COc1cccc(Cl)c1)N(CCO)C1CC1. The lowest BCUT2D eigenvalue weighted by Crippen LogP contribution is -2.38. The van der Waals surface area contributed by atoms with E-state index in [0.29, 0.717) is 17.3 Å². The van der Waals surface area contributed by atoms with Gasteiger partial charge in [0.2, 0.25) is 0 Å². The van der Waals surface area contributed by atoms with E-state index in [9.17, 15) is 4.79 Å². The standard InChI is InChI=1S/C13H16ClNO3/c14-10-2-1-3-12(8-10)18-9-13(17)15(6-7-16)11-4-5-11/h1-3,8,11,16H,4-7,9H2. The van der Waals surface area contributed by atoms with Crippen LogP contribution >= 0.6 is 11.6 Å². The monoisotopic (exact) mass is 269 g/mol. The number of halogens is 1. The summed E-state index contributed by atoms with van der Waals surface area (Å²) in [6.45, 7) is 0.346. The van der Waals surface area contributed by atoms with Gasteiger partial charge in [-0.05, 0) is 31.0 Å². The summed E-state index contributed by atoms with van der Waals surface area (Å²) in [5.74, 6) is 0.488. The minimum atomic E-state index is -0.0912. The molecule has 1 N–H and O–H groups in total. The second-order valence-corrected chi connectivity index (χ2v) is 4.72. The number of nitrogens with zero attached hydrogens (tertiary/aromatic N) is 1. The van der Waals surface area contributed by atoms with E-state index in [1.54, 1.807) is 29.2 Å². The van der Waals surface area contributed by atoms with Crippen LogP contribution in [0, 0.1) is 0 Å². The van der Waals surface area contributed by atoms with Crippen molar-refractivity contribution in [1.29, 1.82) is 0 Å². The molecule has 98 valence electrons. The van der Waals surface area contributed by atoms with Gasteiger partial charge in [0, 0.05) is 17.6 Å². The molecule has 0 unspecified atom stereocenters. The first-order valence-electron chi connectivity index (χ1n) is 5.99. The molecule has 0 radical (unpaired) electrons. The Morgan fingerprint density at radius 1 is 1.50 bits per heavy atom. The Hall–Kier alpha value is -1.26. The maximum absolute atomic E-state index is 11.9. The van der Waals surface area contributed by atoms with Gasteiger partial charge in [-0.25, -0.2) is 0 Å². The third-order valence-electron chi connectivity index (χ3n) is 2.81. The molecule has 1 fully saturated rings. The number of rotatable bonds is 6. The molecule has 18 heavy (non-hydrogen) atoms. The molecule has 2 rings (SSSR count). The van der Waals surface area contributed by atoms with Crippen LogP contribution in [-0.4, -0.2) is 41.7 Å². The van der Waals surface area contributed by atoms with E-state index in [1.165, 1.54) is 0 Å². The van der Waals surface area contributed by atoms with Crippen molar-refractivity contribution in [2.24, 2.45) is 0 Å². The third kappa shape index (κ3) is 3.62. The van der Waals surface area contributed by atoms with Gasteiger partial charge in [0.25, 0.3) is 5.91 Å². The van der Waals surface area contributed by atoms with Crippen molar-refractivity contribution in [3.63, 3.8) is 0 Å². The van der Waals surface area contributed by atoms with Gasteiger partial charge in [0.1, 0.15) is 5.75 Å². The number of carbonyl (C=O) groups is 1. The molecule has 0 aromatic heterocycles. The Balaban J connectivity index is 1.86. The first-order valence-corrected chi connectivity index (χ1v) is 6.37. The number of benzene rings is 1. The van der Waals surface area contributed by atoms with E-state index < -0.39 is 0 Å². The molecule has 0 aliphatic heterocycles. The van der Waals surface area contributed by atoms with Crippen molar-refractivity contribution in [1.82, 2.24) is 4.90 Å². The number of amides is 1. The Labute approximate surface area is 111 Å². The van der Waals surface area contributed by atoms with Gasteiger partial charge in [-0.15, -0.1) is 0 Å². The normalized spacial score (nSPS) is 14.3. The smallest absolute Gasteiger partial charge is 0.260 e. The van der Waals surface area contributed by atoms with E-state index in [1.807, 2.05) is 0 Å². The summed E-state index contributed by atoms with van der Waals surface area (Å²) in [6, 6.07) is 7.23. The van der Waals surface area contributed by atoms with Crippen molar-refractivity contribution in [2.75, 3.05) is 19.8 Å². The number of hydrogen-bond donors (Lipinski definition) is 1. The minimum absolute atomic E-state index is 0.0145. The highest BCUT2D eigenvalue weighted by atomic mass is 35.5. The maximum atomic E-state index is 11.9. The Bertz CT molecular complexity index is 420. The van der Waals surface area contributed by atoms with E-state index in [-0.39, 0.29) is 25.2 Å². The quantitative estimate of drug-likeness (QED) is 0.855. The van der Waals surface area contributed by atoms with Gasteiger partial charge < -0.3 is 14.7 Å².